The van der Waals surface area contributed by atoms with Crippen molar-refractivity contribution >= 4 is 11.9 Å². The molecule has 7 nitrogen and oxygen atoms in total. The Bertz CT molecular complexity index is 624. The van der Waals surface area contributed by atoms with Crippen molar-refractivity contribution < 1.29 is 19.1 Å². The van der Waals surface area contributed by atoms with Gasteiger partial charge in [-0.3, -0.25) is 14.6 Å². The van der Waals surface area contributed by atoms with Gasteiger partial charge in [-0.15, -0.1) is 0 Å². The second kappa shape index (κ2) is 7.49. The van der Waals surface area contributed by atoms with Crippen LogP contribution >= 0.6 is 0 Å². The van der Waals surface area contributed by atoms with Crippen LogP contribution in [0.3, 0.4) is 0 Å². The molecule has 2 aliphatic heterocycles. The fraction of sp³-hybridized carbons (Fsp3) is 0.611. The molecule has 0 radical (unpaired) electrons. The molecule has 0 aromatic carbocycles. The molecule has 0 unspecified atom stereocenters. The summed E-state index contributed by atoms with van der Waals surface area (Å²) >= 11 is 0. The summed E-state index contributed by atoms with van der Waals surface area (Å²) in [6.07, 6.45) is 4.12. The first-order chi connectivity index (χ1) is 12.0. The Morgan fingerprint density at radius 3 is 2.80 bits per heavy atom. The Balaban J connectivity index is 1.59. The highest BCUT2D eigenvalue weighted by Crippen LogP contribution is 2.43. The average Bonchev–Trinajstić information content (AvgIpc) is 3.02. The molecule has 2 atom stereocenters. The van der Waals surface area contributed by atoms with Gasteiger partial charge in [0.15, 0.2) is 0 Å². The van der Waals surface area contributed by atoms with Gasteiger partial charge in [-0.1, -0.05) is 0 Å². The Hall–Kier alpha value is -1.99. The number of ether oxygens (including phenoxy) is 2. The van der Waals surface area contributed by atoms with E-state index < -0.39 is 5.41 Å². The third-order valence-corrected chi connectivity index (χ3v) is 5.36. The predicted molar refractivity (Wildman–Crippen MR) is 90.5 cm³/mol. The van der Waals surface area contributed by atoms with E-state index in [0.717, 1.165) is 25.1 Å². The third-order valence-electron chi connectivity index (χ3n) is 5.36. The highest BCUT2D eigenvalue weighted by atomic mass is 16.5. The molecule has 3 heterocycles. The summed E-state index contributed by atoms with van der Waals surface area (Å²) in [5, 5.41) is 0. The van der Waals surface area contributed by atoms with Crippen LogP contribution in [0.2, 0.25) is 0 Å². The molecule has 0 saturated carbocycles. The lowest BCUT2D eigenvalue weighted by molar-refractivity contribution is -0.157. The number of piperidine rings is 1. The minimum atomic E-state index is -0.567. The van der Waals surface area contributed by atoms with Gasteiger partial charge in [-0.2, -0.15) is 0 Å². The van der Waals surface area contributed by atoms with E-state index in [1.165, 1.54) is 7.11 Å². The monoisotopic (exact) mass is 347 g/mol. The van der Waals surface area contributed by atoms with E-state index in [2.05, 4.69) is 9.88 Å². The Kier molecular flexibility index (Phi) is 5.34. The number of carbonyl (C=O) groups excluding carboxylic acids is 2. The zero-order chi connectivity index (χ0) is 17.9. The molecule has 136 valence electrons. The van der Waals surface area contributed by atoms with Gasteiger partial charge in [0.05, 0.1) is 19.1 Å². The number of likely N-dealkylation sites (tertiary alicyclic amines) is 2. The number of nitrogens with zero attached hydrogens (tertiary/aromatic N) is 3. The van der Waals surface area contributed by atoms with E-state index >= 15 is 0 Å². The molecule has 7 heteroatoms. The number of fused-ring (bicyclic) bond motifs is 1. The van der Waals surface area contributed by atoms with E-state index in [1.54, 1.807) is 17.3 Å². The number of carbonyl (C=O) groups is 2. The van der Waals surface area contributed by atoms with Gasteiger partial charge in [-0.05, 0) is 37.7 Å². The van der Waals surface area contributed by atoms with Crippen molar-refractivity contribution in [3.05, 3.63) is 30.1 Å². The summed E-state index contributed by atoms with van der Waals surface area (Å²) < 4.78 is 10.6. The molecule has 2 aliphatic rings. The lowest BCUT2D eigenvalue weighted by Gasteiger charge is -2.39. The van der Waals surface area contributed by atoms with Crippen LogP contribution in [0, 0.1) is 11.3 Å². The van der Waals surface area contributed by atoms with Crippen LogP contribution in [0.25, 0.3) is 0 Å². The lowest BCUT2D eigenvalue weighted by Crippen LogP contribution is -2.50. The number of hydrogen-bond donors (Lipinski definition) is 0. The molecular formula is C18H25N3O4. The van der Waals surface area contributed by atoms with Crippen LogP contribution < -0.4 is 0 Å². The summed E-state index contributed by atoms with van der Waals surface area (Å²) in [5.41, 5.74) is 0.410. The van der Waals surface area contributed by atoms with Crippen LogP contribution in [0.1, 0.15) is 12.0 Å². The maximum absolute atomic E-state index is 12.5. The number of aromatic nitrogens is 1. The number of hydrogen-bond acceptors (Lipinski definition) is 6. The number of methoxy groups -OCH3 is 1. The molecule has 0 aliphatic carbocycles. The maximum Gasteiger partial charge on any atom is 0.314 e. The summed E-state index contributed by atoms with van der Waals surface area (Å²) in [4.78, 5) is 32.9. The van der Waals surface area contributed by atoms with Gasteiger partial charge in [0.1, 0.15) is 6.61 Å². The zero-order valence-corrected chi connectivity index (χ0v) is 14.8. The second-order valence-corrected chi connectivity index (χ2v) is 6.98. The van der Waals surface area contributed by atoms with Crippen molar-refractivity contribution in [1.82, 2.24) is 14.8 Å². The van der Waals surface area contributed by atoms with E-state index in [-0.39, 0.29) is 24.4 Å². The first-order valence-corrected chi connectivity index (χ1v) is 8.56. The highest BCUT2D eigenvalue weighted by molar-refractivity contribution is 5.82. The van der Waals surface area contributed by atoms with Crippen LogP contribution in [-0.4, -0.2) is 73.6 Å². The van der Waals surface area contributed by atoms with E-state index in [4.69, 9.17) is 9.47 Å². The van der Waals surface area contributed by atoms with Crippen molar-refractivity contribution in [3.63, 3.8) is 0 Å². The van der Waals surface area contributed by atoms with Gasteiger partial charge in [0.25, 0.3) is 0 Å². The summed E-state index contributed by atoms with van der Waals surface area (Å²) in [7, 11) is 3.47. The zero-order valence-electron chi connectivity index (χ0n) is 14.8. The number of pyridine rings is 1. The molecular weight excluding hydrogens is 322 g/mol. The van der Waals surface area contributed by atoms with Crippen LogP contribution in [0.15, 0.2) is 24.5 Å². The topological polar surface area (TPSA) is 72.0 Å². The number of rotatable bonds is 5. The lowest BCUT2D eigenvalue weighted by atomic mass is 9.72. The van der Waals surface area contributed by atoms with E-state index in [9.17, 15) is 9.59 Å². The Labute approximate surface area is 147 Å². The maximum atomic E-state index is 12.5. The standard InChI is InChI=1S/C18H25N3O4/c1-20-8-5-18(17(23)24-2)13-21(10-15(18)9-20)16(22)12-25-11-14-3-6-19-7-4-14/h3-4,6-7,15H,5,8-13H2,1-2H3/t15-,18-/m1/s1. The average molecular weight is 347 g/mol. The summed E-state index contributed by atoms with van der Waals surface area (Å²) in [6.45, 7) is 3.04. The normalized spacial score (nSPS) is 26.3. The minimum Gasteiger partial charge on any atom is -0.469 e. The molecule has 1 amide bonds. The molecule has 2 saturated heterocycles. The number of esters is 1. The van der Waals surface area contributed by atoms with Gasteiger partial charge in [-0.25, -0.2) is 0 Å². The second-order valence-electron chi connectivity index (χ2n) is 6.98. The smallest absolute Gasteiger partial charge is 0.314 e. The van der Waals surface area contributed by atoms with Crippen molar-refractivity contribution in [2.75, 3.05) is 46.9 Å². The van der Waals surface area contributed by atoms with Gasteiger partial charge < -0.3 is 19.3 Å². The predicted octanol–water partition coefficient (Wildman–Crippen LogP) is 0.552. The minimum absolute atomic E-state index is 0.0160. The molecule has 3 rings (SSSR count). The van der Waals surface area contributed by atoms with Crippen LogP contribution in [-0.2, 0) is 25.7 Å². The fourth-order valence-electron chi connectivity index (χ4n) is 3.90. The summed E-state index contributed by atoms with van der Waals surface area (Å²) in [6, 6.07) is 3.72. The van der Waals surface area contributed by atoms with Crippen molar-refractivity contribution in [2.45, 2.75) is 13.0 Å². The fourth-order valence-corrected chi connectivity index (χ4v) is 3.90. The first kappa shape index (κ1) is 17.8. The first-order valence-electron chi connectivity index (χ1n) is 8.56. The molecule has 25 heavy (non-hydrogen) atoms. The van der Waals surface area contributed by atoms with Crippen LogP contribution in [0.5, 0.6) is 0 Å². The third kappa shape index (κ3) is 3.67. The quantitative estimate of drug-likeness (QED) is 0.725. The van der Waals surface area contributed by atoms with Gasteiger partial charge >= 0.3 is 5.97 Å². The van der Waals surface area contributed by atoms with Crippen molar-refractivity contribution in [2.24, 2.45) is 11.3 Å². The van der Waals surface area contributed by atoms with E-state index in [0.29, 0.717) is 19.7 Å². The largest absolute Gasteiger partial charge is 0.469 e. The van der Waals surface area contributed by atoms with E-state index in [1.807, 2.05) is 19.2 Å². The van der Waals surface area contributed by atoms with Crippen LogP contribution in [0.4, 0.5) is 0 Å². The molecule has 0 bridgehead atoms. The van der Waals surface area contributed by atoms with Gasteiger partial charge in [0, 0.05) is 37.9 Å². The number of amides is 1. The molecule has 0 spiro atoms. The molecule has 2 fully saturated rings. The van der Waals surface area contributed by atoms with Crippen molar-refractivity contribution in [1.29, 1.82) is 0 Å². The molecule has 1 aromatic heterocycles. The summed E-state index contributed by atoms with van der Waals surface area (Å²) in [5.74, 6) is -0.157. The highest BCUT2D eigenvalue weighted by Gasteiger charge is 2.55. The van der Waals surface area contributed by atoms with Gasteiger partial charge in [0.2, 0.25) is 5.91 Å². The molecule has 1 aromatic rings. The van der Waals surface area contributed by atoms with Crippen molar-refractivity contribution in [3.8, 4) is 0 Å². The SMILES string of the molecule is COC(=O)[C@@]12CCN(C)C[C@@H]1CN(C(=O)COCc1ccncc1)C2. The molecule has 0 N–H and O–H groups in total. The Morgan fingerprint density at radius 1 is 1.32 bits per heavy atom. The Morgan fingerprint density at radius 2 is 2.08 bits per heavy atom.